The lowest BCUT2D eigenvalue weighted by Crippen LogP contribution is -2.58. The molecule has 1 aromatic rings. The van der Waals surface area contributed by atoms with Crippen LogP contribution in [0.15, 0.2) is 24.3 Å². The molecule has 0 unspecified atom stereocenters. The predicted molar refractivity (Wildman–Crippen MR) is 127 cm³/mol. The maximum Gasteiger partial charge on any atom is 0.416 e. The monoisotopic (exact) mass is 532 g/mol. The number of hydrogen-bond donors (Lipinski definition) is 4. The summed E-state index contributed by atoms with van der Waals surface area (Å²) in [7, 11) is 0. The number of aliphatic hydroxyl groups is 2. The number of rotatable bonds is 6. The van der Waals surface area contributed by atoms with Crippen molar-refractivity contribution in [3.05, 3.63) is 29.8 Å². The molecule has 0 bridgehead atoms. The molecular weight excluding hydrogens is 500 g/mol. The Morgan fingerprint density at radius 1 is 1.18 bits per heavy atom. The number of benzene rings is 1. The van der Waals surface area contributed by atoms with Gasteiger partial charge in [-0.25, -0.2) is 4.79 Å². The normalized spacial score (nSPS) is 25.5. The molecule has 0 aromatic heterocycles. The van der Waals surface area contributed by atoms with Gasteiger partial charge in [-0.05, 0) is 32.0 Å². The van der Waals surface area contributed by atoms with Crippen LogP contribution >= 0.6 is 24.8 Å². The van der Waals surface area contributed by atoms with Crippen LogP contribution in [-0.4, -0.2) is 90.9 Å². The molecule has 2 amide bonds. The van der Waals surface area contributed by atoms with Crippen molar-refractivity contribution in [1.82, 2.24) is 15.5 Å². The average molecular weight is 533 g/mol. The number of anilines is 1. The highest BCUT2D eigenvalue weighted by Crippen LogP contribution is 2.32. The van der Waals surface area contributed by atoms with E-state index < -0.39 is 36.1 Å². The van der Waals surface area contributed by atoms with Gasteiger partial charge in [-0.1, -0.05) is 6.07 Å². The number of ether oxygens (including phenoxy) is 1. The molecule has 2 fully saturated rings. The van der Waals surface area contributed by atoms with E-state index in [1.54, 1.807) is 6.07 Å². The fraction of sp³-hybridized carbons (Fsp3) is 0.667. The number of hydrogen-bond acceptors (Lipinski definition) is 6. The Morgan fingerprint density at radius 2 is 1.82 bits per heavy atom. The van der Waals surface area contributed by atoms with Gasteiger partial charge in [0.2, 0.25) is 0 Å². The fourth-order valence-electron chi connectivity index (χ4n) is 4.26. The number of aliphatic hydroxyl groups excluding tert-OH is 2. The first-order valence-electron chi connectivity index (χ1n) is 10.7. The molecule has 2 aliphatic heterocycles. The second kappa shape index (κ2) is 13.0. The Hall–Kier alpha value is -1.50. The largest absolute Gasteiger partial charge is 0.416 e. The van der Waals surface area contributed by atoms with E-state index >= 15 is 0 Å². The lowest BCUT2D eigenvalue weighted by atomic mass is 10.0. The van der Waals surface area contributed by atoms with Gasteiger partial charge >= 0.3 is 12.2 Å². The van der Waals surface area contributed by atoms with Crippen LogP contribution in [0.2, 0.25) is 0 Å². The van der Waals surface area contributed by atoms with E-state index in [4.69, 9.17) is 4.74 Å². The second-order valence-corrected chi connectivity index (χ2v) is 8.46. The molecule has 8 nitrogen and oxygen atoms in total. The Kier molecular flexibility index (Phi) is 11.7. The van der Waals surface area contributed by atoms with Crippen molar-refractivity contribution in [1.29, 1.82) is 0 Å². The van der Waals surface area contributed by atoms with E-state index in [9.17, 15) is 28.2 Å². The van der Waals surface area contributed by atoms with Gasteiger partial charge in [0.1, 0.15) is 12.2 Å². The summed E-state index contributed by atoms with van der Waals surface area (Å²) < 4.78 is 44.9. The maximum atomic E-state index is 13.0. The Labute approximate surface area is 209 Å². The van der Waals surface area contributed by atoms with Crippen LogP contribution in [0, 0.1) is 0 Å². The smallest absolute Gasteiger partial charge is 0.394 e. The Balaban J connectivity index is 0.00000289. The van der Waals surface area contributed by atoms with E-state index in [-0.39, 0.29) is 50.0 Å². The third kappa shape index (κ3) is 7.50. The van der Waals surface area contributed by atoms with Gasteiger partial charge in [-0.2, -0.15) is 13.2 Å². The molecule has 0 saturated carbocycles. The van der Waals surface area contributed by atoms with Crippen LogP contribution in [0.4, 0.5) is 23.7 Å². The van der Waals surface area contributed by atoms with Crippen LogP contribution in [0.3, 0.4) is 0 Å². The van der Waals surface area contributed by atoms with Gasteiger partial charge in [0.25, 0.3) is 0 Å². The summed E-state index contributed by atoms with van der Waals surface area (Å²) in [6.45, 7) is 5.42. The average Bonchev–Trinajstić information content (AvgIpc) is 3.06. The number of carbonyl (C=O) groups excluding carboxylic acids is 1. The van der Waals surface area contributed by atoms with Gasteiger partial charge in [0.15, 0.2) is 0 Å². The molecule has 2 aliphatic rings. The minimum absolute atomic E-state index is 0. The number of nitrogens with zero attached hydrogens (tertiary/aromatic N) is 2. The number of amides is 2. The van der Waals surface area contributed by atoms with E-state index in [1.807, 2.05) is 23.6 Å². The molecule has 0 radical (unpaired) electrons. The van der Waals surface area contributed by atoms with Crippen LogP contribution in [-0.2, 0) is 10.9 Å². The standard InChI is InChI=1S/C21H31F3N4O4.2ClH/c1-13(2)26-20(31)25-11-16-18(19(30)17(12-29)32-16)28-8-6-27(7-9-28)15-5-3-4-14(10-15)21(22,23)24;;/h3-5,10,13,16-19,29-30H,6-9,11-12H2,1-2H3,(H2,25,26,31);2*1H/t16-,17+,18+,19-;;/m1../s1. The molecule has 3 rings (SSSR count). The summed E-state index contributed by atoms with van der Waals surface area (Å²) in [5.74, 6) is 0. The van der Waals surface area contributed by atoms with Gasteiger partial charge in [-0.15, -0.1) is 24.8 Å². The van der Waals surface area contributed by atoms with Crippen molar-refractivity contribution in [2.45, 2.75) is 50.4 Å². The summed E-state index contributed by atoms with van der Waals surface area (Å²) >= 11 is 0. The highest BCUT2D eigenvalue weighted by atomic mass is 35.5. The predicted octanol–water partition coefficient (Wildman–Crippen LogP) is 1.87. The van der Waals surface area contributed by atoms with Crippen molar-refractivity contribution in [2.24, 2.45) is 0 Å². The van der Waals surface area contributed by atoms with E-state index in [0.29, 0.717) is 31.9 Å². The van der Waals surface area contributed by atoms with Gasteiger partial charge in [-0.3, -0.25) is 4.90 Å². The minimum Gasteiger partial charge on any atom is -0.394 e. The van der Waals surface area contributed by atoms with E-state index in [1.165, 1.54) is 6.07 Å². The maximum absolute atomic E-state index is 13.0. The van der Waals surface area contributed by atoms with Crippen LogP contribution < -0.4 is 15.5 Å². The molecule has 1 aromatic carbocycles. The summed E-state index contributed by atoms with van der Waals surface area (Å²) in [5, 5.41) is 25.7. The zero-order valence-electron chi connectivity index (χ0n) is 19.0. The zero-order chi connectivity index (χ0) is 23.5. The second-order valence-electron chi connectivity index (χ2n) is 8.46. The molecule has 4 atom stereocenters. The van der Waals surface area contributed by atoms with E-state index in [0.717, 1.165) is 12.1 Å². The summed E-state index contributed by atoms with van der Waals surface area (Å²) in [6.07, 6.45) is -6.63. The van der Waals surface area contributed by atoms with Crippen LogP contribution in [0.5, 0.6) is 0 Å². The Bertz CT molecular complexity index is 783. The molecule has 13 heteroatoms. The minimum atomic E-state index is -4.40. The molecule has 4 N–H and O–H groups in total. The topological polar surface area (TPSA) is 97.3 Å². The lowest BCUT2D eigenvalue weighted by molar-refractivity contribution is -0.137. The highest BCUT2D eigenvalue weighted by molar-refractivity contribution is 5.85. The van der Waals surface area contributed by atoms with Crippen molar-refractivity contribution in [3.63, 3.8) is 0 Å². The SMILES string of the molecule is CC(C)NC(=O)NC[C@H]1O[C@@H](CO)[C@@H](O)[C@H]1N1CCN(c2cccc(C(F)(F)F)c2)CC1.Cl.Cl. The first kappa shape index (κ1) is 30.5. The Morgan fingerprint density at radius 3 is 2.38 bits per heavy atom. The number of carbonyl (C=O) groups is 1. The van der Waals surface area contributed by atoms with Crippen molar-refractivity contribution in [3.8, 4) is 0 Å². The first-order chi connectivity index (χ1) is 15.1. The molecule has 0 aliphatic carbocycles. The third-order valence-corrected chi connectivity index (χ3v) is 5.80. The molecule has 196 valence electrons. The number of nitrogens with one attached hydrogen (secondary N) is 2. The van der Waals surface area contributed by atoms with Gasteiger partial charge < -0.3 is 30.5 Å². The lowest BCUT2D eigenvalue weighted by Gasteiger charge is -2.41. The molecule has 2 saturated heterocycles. The number of urea groups is 1. The quantitative estimate of drug-likeness (QED) is 0.446. The first-order valence-corrected chi connectivity index (χ1v) is 10.7. The van der Waals surface area contributed by atoms with Gasteiger partial charge in [0.05, 0.1) is 24.3 Å². The van der Waals surface area contributed by atoms with E-state index in [2.05, 4.69) is 10.6 Å². The van der Waals surface area contributed by atoms with Crippen molar-refractivity contribution in [2.75, 3.05) is 44.2 Å². The third-order valence-electron chi connectivity index (χ3n) is 5.80. The fourth-order valence-corrected chi connectivity index (χ4v) is 4.26. The molecule has 2 heterocycles. The van der Waals surface area contributed by atoms with Crippen molar-refractivity contribution < 1.29 is 32.9 Å². The summed E-state index contributed by atoms with van der Waals surface area (Å²) in [4.78, 5) is 15.8. The molecule has 0 spiro atoms. The summed E-state index contributed by atoms with van der Waals surface area (Å²) in [6, 6.07) is 4.41. The summed E-state index contributed by atoms with van der Waals surface area (Å²) in [5.41, 5.74) is -0.187. The molecule has 34 heavy (non-hydrogen) atoms. The van der Waals surface area contributed by atoms with Crippen LogP contribution in [0.1, 0.15) is 19.4 Å². The van der Waals surface area contributed by atoms with Crippen LogP contribution in [0.25, 0.3) is 0 Å². The number of alkyl halides is 3. The zero-order valence-corrected chi connectivity index (χ0v) is 20.6. The van der Waals surface area contributed by atoms with Crippen molar-refractivity contribution >= 4 is 36.5 Å². The highest BCUT2D eigenvalue weighted by Gasteiger charge is 2.46. The number of piperazine rings is 1. The number of halogens is 5. The molecular formula is C21H33Cl2F3N4O4. The van der Waals surface area contributed by atoms with Gasteiger partial charge in [0, 0.05) is 44.5 Å².